The predicted molar refractivity (Wildman–Crippen MR) is 108 cm³/mol. The standard InChI is InChI=1S/C16H20N6O4S2/c1-7-11(9(3)19-21-15(23)25-5)27-13(17-7)14-18-8(2)12(28-14)10(4)20-22-16(24)26-6/h1-6H3,(H,21,23)(H,22,24)/b19-9-,20-10+. The molecule has 0 saturated carbocycles. The third kappa shape index (κ3) is 5.10. The average Bonchev–Trinajstić information content (AvgIpc) is 3.26. The highest BCUT2D eigenvalue weighted by Gasteiger charge is 2.18. The summed E-state index contributed by atoms with van der Waals surface area (Å²) < 4.78 is 9.00. The van der Waals surface area contributed by atoms with Crippen LogP contribution in [0, 0.1) is 13.8 Å². The molecule has 0 fully saturated rings. The van der Waals surface area contributed by atoms with Gasteiger partial charge in [0.05, 0.1) is 46.8 Å². The highest BCUT2D eigenvalue weighted by atomic mass is 32.1. The van der Waals surface area contributed by atoms with E-state index in [9.17, 15) is 9.59 Å². The summed E-state index contributed by atoms with van der Waals surface area (Å²) in [6, 6.07) is 0. The minimum Gasteiger partial charge on any atom is -0.452 e. The van der Waals surface area contributed by atoms with Crippen LogP contribution in [0.4, 0.5) is 9.59 Å². The van der Waals surface area contributed by atoms with Gasteiger partial charge in [0.25, 0.3) is 0 Å². The van der Waals surface area contributed by atoms with Crippen molar-refractivity contribution in [2.75, 3.05) is 14.2 Å². The van der Waals surface area contributed by atoms with E-state index in [1.807, 2.05) is 13.8 Å². The number of amides is 2. The van der Waals surface area contributed by atoms with Gasteiger partial charge in [0.15, 0.2) is 10.0 Å². The molecule has 0 bridgehead atoms. The molecule has 0 spiro atoms. The van der Waals surface area contributed by atoms with Crippen LogP contribution in [0.3, 0.4) is 0 Å². The summed E-state index contributed by atoms with van der Waals surface area (Å²) in [7, 11) is 2.54. The molecule has 2 aromatic heterocycles. The first kappa shape index (κ1) is 21.4. The zero-order chi connectivity index (χ0) is 20.8. The Morgan fingerprint density at radius 1 is 0.821 bits per heavy atom. The van der Waals surface area contributed by atoms with E-state index in [4.69, 9.17) is 0 Å². The molecular formula is C16H20N6O4S2. The Morgan fingerprint density at radius 2 is 1.18 bits per heavy atom. The normalized spacial score (nSPS) is 11.9. The summed E-state index contributed by atoms with van der Waals surface area (Å²) >= 11 is 2.84. The van der Waals surface area contributed by atoms with Gasteiger partial charge in [-0.15, -0.1) is 22.7 Å². The van der Waals surface area contributed by atoms with E-state index in [-0.39, 0.29) is 0 Å². The predicted octanol–water partition coefficient (Wildman–Crippen LogP) is 3.04. The molecule has 2 heterocycles. The lowest BCUT2D eigenvalue weighted by atomic mass is 10.3. The fourth-order valence-corrected chi connectivity index (χ4v) is 4.14. The Morgan fingerprint density at radius 3 is 1.50 bits per heavy atom. The van der Waals surface area contributed by atoms with Crippen molar-refractivity contribution in [2.45, 2.75) is 27.7 Å². The fourth-order valence-electron chi connectivity index (χ4n) is 2.10. The number of hydrogen-bond acceptors (Lipinski definition) is 10. The van der Waals surface area contributed by atoms with E-state index < -0.39 is 12.2 Å². The van der Waals surface area contributed by atoms with Gasteiger partial charge < -0.3 is 9.47 Å². The number of rotatable bonds is 5. The largest absolute Gasteiger partial charge is 0.452 e. The minimum absolute atomic E-state index is 0.611. The van der Waals surface area contributed by atoms with Crippen LogP contribution in [-0.2, 0) is 9.47 Å². The smallest absolute Gasteiger partial charge is 0.427 e. The van der Waals surface area contributed by atoms with Crippen molar-refractivity contribution in [3.05, 3.63) is 21.1 Å². The molecule has 2 rings (SSSR count). The van der Waals surface area contributed by atoms with Crippen molar-refractivity contribution in [2.24, 2.45) is 10.2 Å². The average molecular weight is 425 g/mol. The van der Waals surface area contributed by atoms with Gasteiger partial charge in [0.1, 0.15) is 0 Å². The Balaban J connectivity index is 2.28. The first-order valence-electron chi connectivity index (χ1n) is 7.99. The molecule has 10 nitrogen and oxygen atoms in total. The van der Waals surface area contributed by atoms with Crippen LogP contribution in [0.2, 0.25) is 0 Å². The molecule has 28 heavy (non-hydrogen) atoms. The van der Waals surface area contributed by atoms with E-state index in [0.29, 0.717) is 11.4 Å². The number of aryl methyl sites for hydroxylation is 2. The molecule has 0 aliphatic heterocycles. The first-order valence-corrected chi connectivity index (χ1v) is 9.62. The zero-order valence-electron chi connectivity index (χ0n) is 16.2. The summed E-state index contributed by atoms with van der Waals surface area (Å²) in [5, 5.41) is 9.47. The summed E-state index contributed by atoms with van der Waals surface area (Å²) in [6.45, 7) is 7.27. The lowest BCUT2D eigenvalue weighted by molar-refractivity contribution is 0.170. The summed E-state index contributed by atoms with van der Waals surface area (Å²) in [6.07, 6.45) is -1.28. The van der Waals surface area contributed by atoms with Gasteiger partial charge in [-0.05, 0) is 27.7 Å². The van der Waals surface area contributed by atoms with Crippen LogP contribution in [0.5, 0.6) is 0 Å². The van der Waals surface area contributed by atoms with Gasteiger partial charge >= 0.3 is 12.2 Å². The first-order chi connectivity index (χ1) is 13.3. The Hall–Kier alpha value is -2.86. The highest BCUT2D eigenvalue weighted by molar-refractivity contribution is 7.23. The molecule has 2 amide bonds. The maximum atomic E-state index is 11.2. The summed E-state index contributed by atoms with van der Waals surface area (Å²) in [4.78, 5) is 33.1. The van der Waals surface area contributed by atoms with Crippen LogP contribution < -0.4 is 10.9 Å². The summed E-state index contributed by atoms with van der Waals surface area (Å²) in [5.41, 5.74) is 7.37. The van der Waals surface area contributed by atoms with Gasteiger partial charge in [-0.1, -0.05) is 0 Å². The fraction of sp³-hybridized carbons (Fsp3) is 0.375. The highest BCUT2D eigenvalue weighted by Crippen LogP contribution is 2.33. The quantitative estimate of drug-likeness (QED) is 0.561. The second-order valence-electron chi connectivity index (χ2n) is 5.47. The molecule has 12 heteroatoms. The van der Waals surface area contributed by atoms with Gasteiger partial charge in [0.2, 0.25) is 0 Å². The molecule has 0 aliphatic rings. The van der Waals surface area contributed by atoms with Crippen molar-refractivity contribution in [3.63, 3.8) is 0 Å². The minimum atomic E-state index is -0.641. The number of ether oxygens (including phenoxy) is 2. The van der Waals surface area contributed by atoms with Gasteiger partial charge in [-0.3, -0.25) is 0 Å². The number of nitrogens with one attached hydrogen (secondary N) is 2. The van der Waals surface area contributed by atoms with E-state index >= 15 is 0 Å². The van der Waals surface area contributed by atoms with E-state index in [1.165, 1.54) is 36.9 Å². The van der Waals surface area contributed by atoms with Gasteiger partial charge in [-0.25, -0.2) is 30.4 Å². The van der Waals surface area contributed by atoms with Crippen molar-refractivity contribution < 1.29 is 19.1 Å². The maximum Gasteiger partial charge on any atom is 0.427 e. The van der Waals surface area contributed by atoms with E-state index in [0.717, 1.165) is 31.2 Å². The Labute approximate surface area is 169 Å². The van der Waals surface area contributed by atoms with Gasteiger partial charge in [-0.2, -0.15) is 10.2 Å². The van der Waals surface area contributed by atoms with E-state index in [2.05, 4.69) is 40.5 Å². The van der Waals surface area contributed by atoms with Crippen molar-refractivity contribution in [3.8, 4) is 10.0 Å². The topological polar surface area (TPSA) is 127 Å². The Kier molecular flexibility index (Phi) is 7.18. The molecule has 0 unspecified atom stereocenters. The number of carbonyl (C=O) groups is 2. The van der Waals surface area contributed by atoms with Crippen molar-refractivity contribution in [1.29, 1.82) is 0 Å². The molecule has 0 aromatic carbocycles. The number of nitrogens with zero attached hydrogens (tertiary/aromatic N) is 4. The van der Waals surface area contributed by atoms with Crippen LogP contribution in [0.15, 0.2) is 10.2 Å². The second kappa shape index (κ2) is 9.37. The number of thiazole rings is 2. The van der Waals surface area contributed by atoms with Crippen LogP contribution in [-0.4, -0.2) is 47.8 Å². The molecule has 2 aromatic rings. The lowest BCUT2D eigenvalue weighted by Crippen LogP contribution is -2.18. The molecule has 0 radical (unpaired) electrons. The molecule has 150 valence electrons. The number of aromatic nitrogens is 2. The van der Waals surface area contributed by atoms with Crippen LogP contribution >= 0.6 is 22.7 Å². The molecule has 0 aliphatic carbocycles. The monoisotopic (exact) mass is 424 g/mol. The molecule has 2 N–H and O–H groups in total. The van der Waals surface area contributed by atoms with E-state index in [1.54, 1.807) is 13.8 Å². The van der Waals surface area contributed by atoms with Crippen LogP contribution in [0.1, 0.15) is 35.0 Å². The Bertz CT molecular complexity index is 871. The van der Waals surface area contributed by atoms with Crippen molar-refractivity contribution >= 4 is 46.3 Å². The molecule has 0 atom stereocenters. The second-order valence-corrected chi connectivity index (χ2v) is 7.47. The molecule has 0 saturated heterocycles. The van der Waals surface area contributed by atoms with Crippen molar-refractivity contribution in [1.82, 2.24) is 20.8 Å². The lowest BCUT2D eigenvalue weighted by Gasteiger charge is -1.99. The number of hydrogen-bond donors (Lipinski definition) is 2. The number of hydrazone groups is 2. The third-order valence-electron chi connectivity index (χ3n) is 3.43. The number of methoxy groups -OCH3 is 2. The summed E-state index contributed by atoms with van der Waals surface area (Å²) in [5.74, 6) is 0. The zero-order valence-corrected chi connectivity index (χ0v) is 17.9. The maximum absolute atomic E-state index is 11.2. The molecular weight excluding hydrogens is 404 g/mol. The number of carbonyl (C=O) groups excluding carboxylic acids is 2. The SMILES string of the molecule is COC(=O)N/N=C(/C)c1sc(-c2nc(C)c(/C(C)=N/NC(=O)OC)s2)nc1C. The van der Waals surface area contributed by atoms with Gasteiger partial charge in [0, 0.05) is 0 Å². The third-order valence-corrected chi connectivity index (χ3v) is 6.11. The van der Waals surface area contributed by atoms with Crippen LogP contribution in [0.25, 0.3) is 10.0 Å².